The largest absolute Gasteiger partial charge is 0.293 e. The van der Waals surface area contributed by atoms with Gasteiger partial charge in [-0.3, -0.25) is 4.99 Å². The van der Waals surface area contributed by atoms with Gasteiger partial charge in [0.25, 0.3) is 0 Å². The third-order valence-corrected chi connectivity index (χ3v) is 5.06. The zero-order chi connectivity index (χ0) is 14.8. The van der Waals surface area contributed by atoms with E-state index in [-0.39, 0.29) is 5.75 Å². The van der Waals surface area contributed by atoms with Gasteiger partial charge in [0.15, 0.2) is 9.84 Å². The van der Waals surface area contributed by atoms with Crippen molar-refractivity contribution >= 4 is 27.7 Å². The summed E-state index contributed by atoms with van der Waals surface area (Å²) in [5.41, 5.74) is 0.675. The van der Waals surface area contributed by atoms with Crippen molar-refractivity contribution in [1.29, 1.82) is 0 Å². The van der Waals surface area contributed by atoms with Crippen LogP contribution in [0.5, 0.6) is 0 Å². The molecule has 0 aliphatic rings. The molecule has 1 aromatic carbocycles. The van der Waals surface area contributed by atoms with Crippen LogP contribution in [0.2, 0.25) is 0 Å². The number of rotatable bonds is 9. The molecule has 0 aliphatic heterocycles. The van der Waals surface area contributed by atoms with Crippen molar-refractivity contribution in [2.24, 2.45) is 4.99 Å². The maximum Gasteiger partial charge on any atom is 0.179 e. The summed E-state index contributed by atoms with van der Waals surface area (Å²) in [6.45, 7) is 2.84. The van der Waals surface area contributed by atoms with Crippen molar-refractivity contribution < 1.29 is 8.42 Å². The molecule has 0 aromatic heterocycles. The molecule has 0 fully saturated rings. The molecule has 1 rings (SSSR count). The van der Waals surface area contributed by atoms with Crippen molar-refractivity contribution in [3.63, 3.8) is 0 Å². The van der Waals surface area contributed by atoms with E-state index in [1.807, 2.05) is 6.07 Å². The van der Waals surface area contributed by atoms with Crippen LogP contribution in [0.15, 0.2) is 34.2 Å². The average Bonchev–Trinajstić information content (AvgIpc) is 2.44. The first-order valence-corrected chi connectivity index (χ1v) is 9.18. The van der Waals surface area contributed by atoms with Gasteiger partial charge in [-0.25, -0.2) is 8.42 Å². The molecular weight excluding hydrogens is 294 g/mol. The van der Waals surface area contributed by atoms with Crippen molar-refractivity contribution in [1.82, 2.24) is 0 Å². The second-order valence-corrected chi connectivity index (χ2v) is 7.10. The molecule has 0 amide bonds. The van der Waals surface area contributed by atoms with Crippen molar-refractivity contribution in [2.45, 2.75) is 37.5 Å². The molecule has 3 nitrogen and oxygen atoms in total. The molecule has 1 aromatic rings. The standard InChI is InChI=1S/C15H22ClNO2S/c1-2-3-11-17-13-14-8-4-5-9-15(14)20(18,19)12-7-6-10-16/h4-5,8-9,13H,2-3,6-7,10-12H2,1H3/b17-13+. The number of benzene rings is 1. The monoisotopic (exact) mass is 315 g/mol. The van der Waals surface area contributed by atoms with Crippen LogP contribution in [0.3, 0.4) is 0 Å². The Hall–Kier alpha value is -0.870. The first kappa shape index (κ1) is 17.2. The molecule has 0 saturated heterocycles. The minimum absolute atomic E-state index is 0.138. The van der Waals surface area contributed by atoms with E-state index >= 15 is 0 Å². The fourth-order valence-corrected chi connectivity index (χ4v) is 3.54. The Bertz CT molecular complexity index is 526. The van der Waals surface area contributed by atoms with E-state index in [0.29, 0.717) is 29.2 Å². The summed E-state index contributed by atoms with van der Waals surface area (Å²) < 4.78 is 24.6. The topological polar surface area (TPSA) is 46.5 Å². The van der Waals surface area contributed by atoms with Gasteiger partial charge in [-0.1, -0.05) is 31.5 Å². The first-order chi connectivity index (χ1) is 9.61. The van der Waals surface area contributed by atoms with E-state index in [4.69, 9.17) is 11.6 Å². The Morgan fingerprint density at radius 1 is 1.20 bits per heavy atom. The minimum atomic E-state index is -3.26. The van der Waals surface area contributed by atoms with Gasteiger partial charge in [-0.05, 0) is 25.3 Å². The predicted octanol–water partition coefficient (Wildman–Crippen LogP) is 3.70. The van der Waals surface area contributed by atoms with Crippen LogP contribution >= 0.6 is 11.6 Å². The molecule has 0 bridgehead atoms. The molecular formula is C15H22ClNO2S. The van der Waals surface area contributed by atoms with Crippen LogP contribution in [0.4, 0.5) is 0 Å². The number of sulfone groups is 1. The molecule has 5 heteroatoms. The van der Waals surface area contributed by atoms with Crippen molar-refractivity contribution in [2.75, 3.05) is 18.2 Å². The van der Waals surface area contributed by atoms with Crippen molar-refractivity contribution in [3.05, 3.63) is 29.8 Å². The smallest absolute Gasteiger partial charge is 0.179 e. The summed E-state index contributed by atoms with van der Waals surface area (Å²) in [4.78, 5) is 4.66. The summed E-state index contributed by atoms with van der Waals surface area (Å²) >= 11 is 5.59. The number of hydrogen-bond donors (Lipinski definition) is 0. The molecule has 20 heavy (non-hydrogen) atoms. The number of alkyl halides is 1. The Balaban J connectivity index is 2.86. The van der Waals surface area contributed by atoms with E-state index in [1.165, 1.54) is 0 Å². The summed E-state index contributed by atoms with van der Waals surface area (Å²) in [6, 6.07) is 7.03. The number of hydrogen-bond acceptors (Lipinski definition) is 3. The summed E-state index contributed by atoms with van der Waals surface area (Å²) in [5, 5.41) is 0. The highest BCUT2D eigenvalue weighted by molar-refractivity contribution is 7.91. The second-order valence-electron chi connectivity index (χ2n) is 4.64. The second kappa shape index (κ2) is 9.14. The number of halogens is 1. The molecule has 0 aliphatic carbocycles. The fraction of sp³-hybridized carbons (Fsp3) is 0.533. The molecule has 0 atom stereocenters. The summed E-state index contributed by atoms with van der Waals surface area (Å²) in [7, 11) is -3.26. The Kier molecular flexibility index (Phi) is 7.85. The average molecular weight is 316 g/mol. The van der Waals surface area contributed by atoms with Crippen LogP contribution in [-0.4, -0.2) is 32.8 Å². The van der Waals surface area contributed by atoms with Gasteiger partial charge in [-0.2, -0.15) is 0 Å². The maximum absolute atomic E-state index is 12.3. The van der Waals surface area contributed by atoms with Gasteiger partial charge in [0.2, 0.25) is 0 Å². The van der Waals surface area contributed by atoms with Crippen LogP contribution in [-0.2, 0) is 9.84 Å². The van der Waals surface area contributed by atoms with Gasteiger partial charge < -0.3 is 0 Å². The van der Waals surface area contributed by atoms with Gasteiger partial charge in [-0.15, -0.1) is 11.6 Å². The Morgan fingerprint density at radius 2 is 1.95 bits per heavy atom. The molecule has 0 unspecified atom stereocenters. The van der Waals surface area contributed by atoms with E-state index in [9.17, 15) is 8.42 Å². The van der Waals surface area contributed by atoms with Gasteiger partial charge in [0.05, 0.1) is 10.6 Å². The molecule has 0 heterocycles. The van der Waals surface area contributed by atoms with E-state index < -0.39 is 9.84 Å². The lowest BCUT2D eigenvalue weighted by Crippen LogP contribution is -2.09. The highest BCUT2D eigenvalue weighted by Crippen LogP contribution is 2.17. The maximum atomic E-state index is 12.3. The number of aliphatic imine (C=N–C) groups is 1. The third kappa shape index (κ3) is 5.63. The van der Waals surface area contributed by atoms with E-state index in [2.05, 4.69) is 11.9 Å². The molecule has 0 saturated carbocycles. The third-order valence-electron chi connectivity index (χ3n) is 2.92. The zero-order valence-corrected chi connectivity index (χ0v) is 13.5. The highest BCUT2D eigenvalue weighted by atomic mass is 35.5. The normalized spacial score (nSPS) is 12.1. The van der Waals surface area contributed by atoms with Gasteiger partial charge >= 0.3 is 0 Å². The Morgan fingerprint density at radius 3 is 2.65 bits per heavy atom. The summed E-state index contributed by atoms with van der Waals surface area (Å²) in [5.74, 6) is 0.634. The van der Waals surface area contributed by atoms with E-state index in [1.54, 1.807) is 24.4 Å². The lowest BCUT2D eigenvalue weighted by atomic mass is 10.2. The number of nitrogens with zero attached hydrogens (tertiary/aromatic N) is 1. The summed E-state index contributed by atoms with van der Waals surface area (Å²) in [6.07, 6.45) is 5.07. The lowest BCUT2D eigenvalue weighted by Gasteiger charge is -2.07. The quantitative estimate of drug-likeness (QED) is 0.396. The zero-order valence-electron chi connectivity index (χ0n) is 11.9. The number of unbranched alkanes of at least 4 members (excludes halogenated alkanes) is 2. The lowest BCUT2D eigenvalue weighted by molar-refractivity contribution is 0.592. The van der Waals surface area contributed by atoms with Crippen LogP contribution in [0.1, 0.15) is 38.2 Å². The van der Waals surface area contributed by atoms with Crippen LogP contribution in [0, 0.1) is 0 Å². The Labute approximate surface area is 127 Å². The van der Waals surface area contributed by atoms with Crippen LogP contribution in [0.25, 0.3) is 0 Å². The molecule has 112 valence electrons. The van der Waals surface area contributed by atoms with Crippen molar-refractivity contribution in [3.8, 4) is 0 Å². The predicted molar refractivity (Wildman–Crippen MR) is 85.8 cm³/mol. The molecule has 0 spiro atoms. The van der Waals surface area contributed by atoms with Gasteiger partial charge in [0, 0.05) is 24.2 Å². The highest BCUT2D eigenvalue weighted by Gasteiger charge is 2.16. The molecule has 0 N–H and O–H groups in total. The first-order valence-electron chi connectivity index (χ1n) is 6.99. The SMILES string of the molecule is CCCC/N=C/c1ccccc1S(=O)(=O)CCCCCl. The fourth-order valence-electron chi connectivity index (χ4n) is 1.78. The van der Waals surface area contributed by atoms with E-state index in [0.717, 1.165) is 19.4 Å². The minimum Gasteiger partial charge on any atom is -0.293 e. The van der Waals surface area contributed by atoms with Crippen LogP contribution < -0.4 is 0 Å². The molecule has 0 radical (unpaired) electrons. The van der Waals surface area contributed by atoms with Gasteiger partial charge in [0.1, 0.15) is 0 Å².